The van der Waals surface area contributed by atoms with Gasteiger partial charge in [0.2, 0.25) is 0 Å². The van der Waals surface area contributed by atoms with Crippen molar-refractivity contribution in [3.05, 3.63) is 12.7 Å². The fourth-order valence-electron chi connectivity index (χ4n) is 1.16. The smallest absolute Gasteiger partial charge is 0.00683 e. The Morgan fingerprint density at radius 2 is 2.36 bits per heavy atom. The minimum absolute atomic E-state index is 0.814. The topological polar surface area (TPSA) is 12.0 Å². The third kappa shape index (κ3) is 4.20. The van der Waals surface area contributed by atoms with E-state index < -0.39 is 0 Å². The first-order valence-corrected chi connectivity index (χ1v) is 4.67. The number of rotatable bonds is 6. The Morgan fingerprint density at radius 3 is 2.91 bits per heavy atom. The van der Waals surface area contributed by atoms with Crippen molar-refractivity contribution in [2.24, 2.45) is 5.92 Å². The minimum Gasteiger partial charge on any atom is -0.314 e. The zero-order valence-corrected chi connectivity index (χ0v) is 7.47. The lowest BCUT2D eigenvalue weighted by atomic mass is 10.1. The average molecular weight is 153 g/mol. The second-order valence-electron chi connectivity index (χ2n) is 3.65. The van der Waals surface area contributed by atoms with E-state index >= 15 is 0 Å². The third-order valence-electron chi connectivity index (χ3n) is 2.20. The molecular weight excluding hydrogens is 134 g/mol. The van der Waals surface area contributed by atoms with Gasteiger partial charge >= 0.3 is 0 Å². The Hall–Kier alpha value is -0.300. The van der Waals surface area contributed by atoms with Crippen LogP contribution in [-0.4, -0.2) is 12.6 Å². The van der Waals surface area contributed by atoms with E-state index in [1.807, 2.05) is 6.08 Å². The fourth-order valence-corrected chi connectivity index (χ4v) is 1.16. The maximum atomic E-state index is 3.72. The summed E-state index contributed by atoms with van der Waals surface area (Å²) in [4.78, 5) is 0. The van der Waals surface area contributed by atoms with Crippen LogP contribution in [0.25, 0.3) is 0 Å². The Balaban J connectivity index is 1.90. The van der Waals surface area contributed by atoms with Crippen LogP contribution in [0, 0.1) is 5.92 Å². The van der Waals surface area contributed by atoms with Gasteiger partial charge in [-0.2, -0.15) is 0 Å². The van der Waals surface area contributed by atoms with Gasteiger partial charge in [-0.3, -0.25) is 0 Å². The molecule has 0 bridgehead atoms. The van der Waals surface area contributed by atoms with E-state index in [2.05, 4.69) is 18.8 Å². The van der Waals surface area contributed by atoms with Crippen LogP contribution in [0.5, 0.6) is 0 Å². The molecule has 0 aromatic carbocycles. The van der Waals surface area contributed by atoms with E-state index in [-0.39, 0.29) is 0 Å². The lowest BCUT2D eigenvalue weighted by Gasteiger charge is -2.10. The molecule has 1 rings (SSSR count). The van der Waals surface area contributed by atoms with Crippen LogP contribution in [0.1, 0.15) is 32.6 Å². The van der Waals surface area contributed by atoms with Crippen molar-refractivity contribution >= 4 is 0 Å². The zero-order chi connectivity index (χ0) is 8.10. The highest BCUT2D eigenvalue weighted by Crippen LogP contribution is 2.19. The SMILES string of the molecule is C=CCCC(C)CNC1CC1. The van der Waals surface area contributed by atoms with Crippen molar-refractivity contribution in [1.82, 2.24) is 5.32 Å². The van der Waals surface area contributed by atoms with Crippen LogP contribution in [0.4, 0.5) is 0 Å². The summed E-state index contributed by atoms with van der Waals surface area (Å²) in [6, 6.07) is 0.862. The molecule has 0 aromatic rings. The second kappa shape index (κ2) is 4.55. The van der Waals surface area contributed by atoms with Crippen molar-refractivity contribution in [3.63, 3.8) is 0 Å². The van der Waals surface area contributed by atoms with Crippen LogP contribution in [0.3, 0.4) is 0 Å². The fraction of sp³-hybridized carbons (Fsp3) is 0.800. The summed E-state index contributed by atoms with van der Waals surface area (Å²) in [5, 5.41) is 3.53. The van der Waals surface area contributed by atoms with E-state index in [1.165, 1.54) is 25.8 Å². The molecule has 0 amide bonds. The Labute approximate surface area is 69.9 Å². The van der Waals surface area contributed by atoms with Gasteiger partial charge in [0.25, 0.3) is 0 Å². The summed E-state index contributed by atoms with van der Waals surface area (Å²) in [5.74, 6) is 0.814. The largest absolute Gasteiger partial charge is 0.314 e. The molecule has 0 spiro atoms. The summed E-state index contributed by atoms with van der Waals surface area (Å²) in [6.07, 6.45) is 7.24. The van der Waals surface area contributed by atoms with Gasteiger partial charge in [-0.1, -0.05) is 13.0 Å². The van der Waals surface area contributed by atoms with Crippen molar-refractivity contribution in [3.8, 4) is 0 Å². The van der Waals surface area contributed by atoms with Gasteiger partial charge < -0.3 is 5.32 Å². The van der Waals surface area contributed by atoms with E-state index in [4.69, 9.17) is 0 Å². The zero-order valence-electron chi connectivity index (χ0n) is 7.47. The highest BCUT2D eigenvalue weighted by Gasteiger charge is 2.20. The molecule has 11 heavy (non-hydrogen) atoms. The molecule has 1 heteroatoms. The normalized spacial score (nSPS) is 19.7. The van der Waals surface area contributed by atoms with Crippen molar-refractivity contribution in [2.45, 2.75) is 38.6 Å². The van der Waals surface area contributed by atoms with Gasteiger partial charge in [0.15, 0.2) is 0 Å². The molecule has 1 nitrogen and oxygen atoms in total. The molecule has 0 radical (unpaired) electrons. The number of allylic oxidation sites excluding steroid dienone is 1. The van der Waals surface area contributed by atoms with Gasteiger partial charge in [0.1, 0.15) is 0 Å². The maximum Gasteiger partial charge on any atom is 0.00683 e. The van der Waals surface area contributed by atoms with Crippen molar-refractivity contribution in [1.29, 1.82) is 0 Å². The summed E-state index contributed by atoms with van der Waals surface area (Å²) >= 11 is 0. The lowest BCUT2D eigenvalue weighted by molar-refractivity contribution is 0.483. The molecule has 1 saturated carbocycles. The van der Waals surface area contributed by atoms with E-state index in [0.717, 1.165) is 18.4 Å². The highest BCUT2D eigenvalue weighted by atomic mass is 14.9. The summed E-state index contributed by atoms with van der Waals surface area (Å²) in [5.41, 5.74) is 0. The first-order chi connectivity index (χ1) is 5.33. The van der Waals surface area contributed by atoms with Gasteiger partial charge in [-0.15, -0.1) is 6.58 Å². The van der Waals surface area contributed by atoms with Crippen LogP contribution < -0.4 is 5.32 Å². The molecule has 0 aliphatic heterocycles. The molecule has 1 aliphatic rings. The Morgan fingerprint density at radius 1 is 1.64 bits per heavy atom. The molecule has 64 valence electrons. The Bertz CT molecular complexity index is 116. The second-order valence-corrected chi connectivity index (χ2v) is 3.65. The van der Waals surface area contributed by atoms with Gasteiger partial charge in [0, 0.05) is 6.04 Å². The number of hydrogen-bond acceptors (Lipinski definition) is 1. The van der Waals surface area contributed by atoms with E-state index in [0.29, 0.717) is 0 Å². The molecule has 1 aliphatic carbocycles. The van der Waals surface area contributed by atoms with E-state index in [1.54, 1.807) is 0 Å². The van der Waals surface area contributed by atoms with Crippen molar-refractivity contribution < 1.29 is 0 Å². The van der Waals surface area contributed by atoms with Crippen LogP contribution in [-0.2, 0) is 0 Å². The molecule has 1 unspecified atom stereocenters. The minimum atomic E-state index is 0.814. The summed E-state index contributed by atoms with van der Waals surface area (Å²) in [7, 11) is 0. The average Bonchev–Trinajstić information content (AvgIpc) is 2.80. The van der Waals surface area contributed by atoms with Crippen LogP contribution in [0.2, 0.25) is 0 Å². The van der Waals surface area contributed by atoms with E-state index in [9.17, 15) is 0 Å². The van der Waals surface area contributed by atoms with Gasteiger partial charge in [-0.05, 0) is 38.1 Å². The van der Waals surface area contributed by atoms with Crippen LogP contribution in [0.15, 0.2) is 12.7 Å². The van der Waals surface area contributed by atoms with Gasteiger partial charge in [0.05, 0.1) is 0 Å². The molecule has 0 saturated heterocycles. The first kappa shape index (κ1) is 8.79. The monoisotopic (exact) mass is 153 g/mol. The third-order valence-corrected chi connectivity index (χ3v) is 2.20. The molecule has 1 N–H and O–H groups in total. The van der Waals surface area contributed by atoms with Crippen LogP contribution >= 0.6 is 0 Å². The number of hydrogen-bond donors (Lipinski definition) is 1. The number of nitrogens with one attached hydrogen (secondary N) is 1. The maximum absolute atomic E-state index is 3.72. The van der Waals surface area contributed by atoms with Gasteiger partial charge in [-0.25, -0.2) is 0 Å². The lowest BCUT2D eigenvalue weighted by Crippen LogP contribution is -2.22. The molecular formula is C10H19N. The summed E-state index contributed by atoms with van der Waals surface area (Å²) < 4.78 is 0. The predicted molar refractivity (Wildman–Crippen MR) is 49.6 cm³/mol. The van der Waals surface area contributed by atoms with Crippen molar-refractivity contribution in [2.75, 3.05) is 6.54 Å². The molecule has 0 aromatic heterocycles. The molecule has 1 atom stereocenters. The molecule has 0 heterocycles. The Kier molecular flexibility index (Phi) is 3.64. The predicted octanol–water partition coefficient (Wildman–Crippen LogP) is 2.34. The first-order valence-electron chi connectivity index (χ1n) is 4.67. The standard InChI is InChI=1S/C10H19N/c1-3-4-5-9(2)8-11-10-6-7-10/h3,9-11H,1,4-8H2,2H3. The molecule has 1 fully saturated rings. The highest BCUT2D eigenvalue weighted by molar-refractivity contribution is 4.81. The summed E-state index contributed by atoms with van der Waals surface area (Å²) in [6.45, 7) is 7.22. The quantitative estimate of drug-likeness (QED) is 0.577.